The Balaban J connectivity index is 0.00000320. The lowest BCUT2D eigenvalue weighted by Gasteiger charge is -2.27. The molecule has 1 aromatic heterocycles. The first-order valence-electron chi connectivity index (χ1n) is 11.6. The van der Waals surface area contributed by atoms with E-state index < -0.39 is 7.26 Å². The Morgan fingerprint density at radius 3 is 1.62 bits per heavy atom. The smallest absolute Gasteiger partial charge is 0.314 e. The highest BCUT2D eigenvalue weighted by Crippen LogP contribution is 2.55. The summed E-state index contributed by atoms with van der Waals surface area (Å²) in [6.45, 7) is 0. The monoisotopic (exact) mass is 622 g/mol. The van der Waals surface area contributed by atoms with Crippen LogP contribution in [-0.4, -0.2) is 12.1 Å². The second kappa shape index (κ2) is 12.9. The zero-order valence-electron chi connectivity index (χ0n) is 19.8. The zero-order chi connectivity index (χ0) is 24.8. The molecule has 186 valence electrons. The van der Waals surface area contributed by atoms with E-state index in [4.69, 9.17) is 17.0 Å². The molecule has 7 heteroatoms. The van der Waals surface area contributed by atoms with Crippen LogP contribution < -0.4 is 37.6 Å². The SMILES string of the molecule is O=C(CC[P+](c1ccccc1)(c1ccccc1)c1ccccc1)Oc1ccc(-c2cc(=S)ss2)cc1.[Br-]. The lowest BCUT2D eigenvalue weighted by molar-refractivity contribution is -0.133. The first-order valence-corrected chi connectivity index (χ1v) is 16.1. The van der Waals surface area contributed by atoms with Crippen LogP contribution >= 0.6 is 40.2 Å². The third-order valence-electron chi connectivity index (χ3n) is 6.08. The average molecular weight is 624 g/mol. The van der Waals surface area contributed by atoms with Gasteiger partial charge in [0.05, 0.1) is 12.6 Å². The van der Waals surface area contributed by atoms with Gasteiger partial charge < -0.3 is 21.7 Å². The highest BCUT2D eigenvalue weighted by atomic mass is 79.9. The average Bonchev–Trinajstić information content (AvgIpc) is 3.37. The second-order valence-corrected chi connectivity index (χ2v) is 14.8. The fourth-order valence-electron chi connectivity index (χ4n) is 4.38. The van der Waals surface area contributed by atoms with Crippen molar-refractivity contribution in [3.8, 4) is 16.2 Å². The normalized spacial score (nSPS) is 10.9. The van der Waals surface area contributed by atoms with E-state index in [1.807, 2.05) is 48.5 Å². The van der Waals surface area contributed by atoms with Crippen molar-refractivity contribution in [2.45, 2.75) is 6.42 Å². The Bertz CT molecular complexity index is 1390. The summed E-state index contributed by atoms with van der Waals surface area (Å²) in [6.07, 6.45) is 1.01. The number of hydrogen-bond acceptors (Lipinski definition) is 5. The number of rotatable bonds is 8. The number of ether oxygens (including phenoxy) is 1. The van der Waals surface area contributed by atoms with Crippen LogP contribution in [0.3, 0.4) is 0 Å². The van der Waals surface area contributed by atoms with Crippen molar-refractivity contribution in [1.29, 1.82) is 0 Å². The van der Waals surface area contributed by atoms with Gasteiger partial charge in [0.15, 0.2) is 0 Å². The summed E-state index contributed by atoms with van der Waals surface area (Å²) in [5.41, 5.74) is 1.08. The number of carbonyl (C=O) groups excluding carboxylic acids is 1. The maximum absolute atomic E-state index is 13.1. The van der Waals surface area contributed by atoms with Crippen molar-refractivity contribution in [2.24, 2.45) is 0 Å². The quantitative estimate of drug-likeness (QED) is 0.0838. The maximum atomic E-state index is 13.1. The maximum Gasteiger partial charge on any atom is 0.314 e. The van der Waals surface area contributed by atoms with Gasteiger partial charge in [0, 0.05) is 4.88 Å². The van der Waals surface area contributed by atoms with Gasteiger partial charge >= 0.3 is 5.97 Å². The molecule has 0 N–H and O–H groups in total. The molecule has 0 radical (unpaired) electrons. The van der Waals surface area contributed by atoms with Crippen molar-refractivity contribution >= 4 is 62.0 Å². The van der Waals surface area contributed by atoms with Crippen LogP contribution in [0.2, 0.25) is 0 Å². The van der Waals surface area contributed by atoms with E-state index >= 15 is 0 Å². The Morgan fingerprint density at radius 1 is 0.703 bits per heavy atom. The summed E-state index contributed by atoms with van der Waals surface area (Å²) in [4.78, 5) is 14.2. The van der Waals surface area contributed by atoms with E-state index in [2.05, 4.69) is 72.8 Å². The number of carbonyl (C=O) groups is 1. The molecule has 0 spiro atoms. The van der Waals surface area contributed by atoms with Gasteiger partial charge in [-0.25, -0.2) is 0 Å². The summed E-state index contributed by atoms with van der Waals surface area (Å²) < 4.78 is 6.66. The minimum Gasteiger partial charge on any atom is -1.00 e. The van der Waals surface area contributed by atoms with Crippen molar-refractivity contribution < 1.29 is 26.5 Å². The lowest BCUT2D eigenvalue weighted by atomic mass is 10.2. The molecule has 5 rings (SSSR count). The molecular formula is C30H24BrO2PS3. The Hall–Kier alpha value is -2.47. The first-order chi connectivity index (χ1) is 17.6. The van der Waals surface area contributed by atoms with Crippen LogP contribution in [-0.2, 0) is 4.79 Å². The van der Waals surface area contributed by atoms with Crippen molar-refractivity contribution in [1.82, 2.24) is 0 Å². The number of hydrogen-bond donors (Lipinski definition) is 0. The molecule has 0 atom stereocenters. The third-order valence-corrected chi connectivity index (χ3v) is 13.4. The van der Waals surface area contributed by atoms with Gasteiger partial charge in [-0.2, -0.15) is 0 Å². The molecular weight excluding hydrogens is 599 g/mol. The highest BCUT2D eigenvalue weighted by molar-refractivity contribution is 7.95. The van der Waals surface area contributed by atoms with Gasteiger partial charge in [-0.15, -0.1) is 0 Å². The molecule has 0 aliphatic heterocycles. The van der Waals surface area contributed by atoms with Gasteiger partial charge in [-0.05, 0) is 72.3 Å². The molecule has 1 heterocycles. The number of esters is 1. The molecule has 0 bridgehead atoms. The summed E-state index contributed by atoms with van der Waals surface area (Å²) in [7, 11) is 1.19. The number of benzene rings is 4. The van der Waals surface area contributed by atoms with E-state index in [1.54, 1.807) is 20.7 Å². The molecule has 37 heavy (non-hydrogen) atoms. The van der Waals surface area contributed by atoms with E-state index in [9.17, 15) is 4.79 Å². The molecule has 2 nitrogen and oxygen atoms in total. The van der Waals surface area contributed by atoms with E-state index in [0.29, 0.717) is 18.3 Å². The second-order valence-electron chi connectivity index (χ2n) is 8.28. The predicted octanol–water partition coefficient (Wildman–Crippen LogP) is 4.50. The van der Waals surface area contributed by atoms with E-state index in [-0.39, 0.29) is 23.0 Å². The van der Waals surface area contributed by atoms with Crippen LogP contribution in [0.25, 0.3) is 10.4 Å². The highest BCUT2D eigenvalue weighted by Gasteiger charge is 2.45. The molecule has 0 fully saturated rings. The van der Waals surface area contributed by atoms with Gasteiger partial charge in [-0.3, -0.25) is 4.79 Å². The van der Waals surface area contributed by atoms with Crippen LogP contribution in [0.5, 0.6) is 5.75 Å². The van der Waals surface area contributed by atoms with Gasteiger partial charge in [0.25, 0.3) is 0 Å². The molecule has 0 saturated carbocycles. The molecule has 0 aliphatic carbocycles. The third kappa shape index (κ3) is 6.34. The minimum atomic E-state index is -2.07. The molecule has 5 aromatic rings. The lowest BCUT2D eigenvalue weighted by Crippen LogP contribution is -3.00. The summed E-state index contributed by atoms with van der Waals surface area (Å²) in [5, 5.41) is 3.79. The van der Waals surface area contributed by atoms with Crippen molar-refractivity contribution in [3.63, 3.8) is 0 Å². The Morgan fingerprint density at radius 2 is 1.19 bits per heavy atom. The van der Waals surface area contributed by atoms with Crippen LogP contribution in [0.15, 0.2) is 121 Å². The van der Waals surface area contributed by atoms with Gasteiger partial charge in [0.2, 0.25) is 0 Å². The topological polar surface area (TPSA) is 26.3 Å². The largest absolute Gasteiger partial charge is 1.00 e. The van der Waals surface area contributed by atoms with Gasteiger partial charge in [0.1, 0.15) is 32.7 Å². The van der Waals surface area contributed by atoms with Crippen molar-refractivity contribution in [3.05, 3.63) is 125 Å². The first kappa shape index (κ1) is 27.6. The molecule has 0 amide bonds. The Kier molecular flexibility index (Phi) is 9.58. The van der Waals surface area contributed by atoms with Crippen LogP contribution in [0.1, 0.15) is 6.42 Å². The molecule has 0 unspecified atom stereocenters. The van der Waals surface area contributed by atoms with Crippen LogP contribution in [0.4, 0.5) is 0 Å². The summed E-state index contributed by atoms with van der Waals surface area (Å²) in [6, 6.07) is 41.4. The fourth-order valence-corrected chi connectivity index (χ4v) is 11.0. The standard InChI is InChI=1S/C30H24O2PS3.BrH/c31-29(32-24-18-16-23(17-19-24)28-22-30(34)36-35-28)20-21-33(25-10-4-1-5-11-25,26-12-6-2-7-13-26)27-14-8-3-9-15-27;/h1-19,22H,20-21H2;1H/q+1;/p-1. The molecule has 0 aliphatic rings. The van der Waals surface area contributed by atoms with Crippen molar-refractivity contribution in [2.75, 3.05) is 6.16 Å². The fraction of sp³-hybridized carbons (Fsp3) is 0.0667. The van der Waals surface area contributed by atoms with Gasteiger partial charge in [-0.1, -0.05) is 87.5 Å². The summed E-state index contributed by atoms with van der Waals surface area (Å²) >= 11 is 5.24. The molecule has 4 aromatic carbocycles. The van der Waals surface area contributed by atoms with E-state index in [1.165, 1.54) is 15.9 Å². The predicted molar refractivity (Wildman–Crippen MR) is 159 cm³/mol. The summed E-state index contributed by atoms with van der Waals surface area (Å²) in [5.74, 6) is 0.340. The molecule has 0 saturated heterocycles. The Labute approximate surface area is 241 Å². The number of halogens is 1. The van der Waals surface area contributed by atoms with E-state index in [0.717, 1.165) is 14.3 Å². The zero-order valence-corrected chi connectivity index (χ0v) is 24.8. The van der Waals surface area contributed by atoms with Crippen LogP contribution in [0, 0.1) is 3.82 Å². The minimum absolute atomic E-state index is 0.